The second-order valence-electron chi connectivity index (χ2n) is 6.71. The molecule has 102 valence electrons. The molecule has 0 bridgehead atoms. The Morgan fingerprint density at radius 1 is 1.39 bits per heavy atom. The van der Waals surface area contributed by atoms with Gasteiger partial charge in [0.2, 0.25) is 0 Å². The standard InChI is InChI=1S/C15H25NO2/c1-11(2)5-8-15-7-3-4-14(16-18)13(15)10-12(17)6-9-15/h11,13-14H,3-10H2,1-2H3. The van der Waals surface area contributed by atoms with Crippen LogP contribution < -0.4 is 0 Å². The molecule has 2 aliphatic rings. The fourth-order valence-corrected chi connectivity index (χ4v) is 3.99. The van der Waals surface area contributed by atoms with Crippen molar-refractivity contribution in [1.29, 1.82) is 0 Å². The highest BCUT2D eigenvalue weighted by molar-refractivity contribution is 5.79. The third-order valence-electron chi connectivity index (χ3n) is 5.13. The smallest absolute Gasteiger partial charge is 0.133 e. The quantitative estimate of drug-likeness (QED) is 0.706. The Kier molecular flexibility index (Phi) is 4.18. The van der Waals surface area contributed by atoms with Gasteiger partial charge in [-0.15, -0.1) is 0 Å². The number of nitrogens with zero attached hydrogens (tertiary/aromatic N) is 1. The van der Waals surface area contributed by atoms with Gasteiger partial charge < -0.3 is 0 Å². The first-order chi connectivity index (χ1) is 8.57. The number of Topliss-reactive ketones (excluding diaryl/α,β-unsaturated/α-hetero) is 1. The molecule has 0 aromatic rings. The van der Waals surface area contributed by atoms with Crippen LogP contribution in [0.5, 0.6) is 0 Å². The summed E-state index contributed by atoms with van der Waals surface area (Å²) in [5, 5.41) is 3.34. The van der Waals surface area contributed by atoms with E-state index in [-0.39, 0.29) is 17.4 Å². The van der Waals surface area contributed by atoms with E-state index in [2.05, 4.69) is 19.0 Å². The van der Waals surface area contributed by atoms with Crippen molar-refractivity contribution in [1.82, 2.24) is 0 Å². The van der Waals surface area contributed by atoms with E-state index in [1.807, 2.05) is 0 Å². The van der Waals surface area contributed by atoms with E-state index < -0.39 is 0 Å². The zero-order valence-electron chi connectivity index (χ0n) is 11.7. The Morgan fingerprint density at radius 3 is 2.83 bits per heavy atom. The molecule has 3 heteroatoms. The highest BCUT2D eigenvalue weighted by Gasteiger charge is 2.48. The van der Waals surface area contributed by atoms with E-state index in [1.54, 1.807) is 0 Å². The first-order valence-electron chi connectivity index (χ1n) is 7.41. The summed E-state index contributed by atoms with van der Waals surface area (Å²) in [6.45, 7) is 4.50. The van der Waals surface area contributed by atoms with E-state index in [9.17, 15) is 9.70 Å². The molecule has 3 nitrogen and oxygen atoms in total. The van der Waals surface area contributed by atoms with Gasteiger partial charge in [0.05, 0.1) is 6.04 Å². The molecule has 0 heterocycles. The van der Waals surface area contributed by atoms with Crippen molar-refractivity contribution in [3.05, 3.63) is 4.91 Å². The van der Waals surface area contributed by atoms with Crippen molar-refractivity contribution in [3.8, 4) is 0 Å². The molecule has 2 aliphatic carbocycles. The Bertz CT molecular complexity index is 326. The summed E-state index contributed by atoms with van der Waals surface area (Å²) in [6, 6.07) is -0.102. The van der Waals surface area contributed by atoms with Crippen LogP contribution in [-0.2, 0) is 4.79 Å². The SMILES string of the molecule is CC(C)CCC12CCCC(N=O)C1CC(=O)CC2. The highest BCUT2D eigenvalue weighted by atomic mass is 16.3. The van der Waals surface area contributed by atoms with Crippen molar-refractivity contribution in [2.45, 2.75) is 71.3 Å². The number of fused-ring (bicyclic) bond motifs is 1. The van der Waals surface area contributed by atoms with Gasteiger partial charge in [0.25, 0.3) is 0 Å². The molecule has 3 atom stereocenters. The maximum absolute atomic E-state index is 11.7. The lowest BCUT2D eigenvalue weighted by atomic mass is 9.55. The number of rotatable bonds is 4. The lowest BCUT2D eigenvalue weighted by Crippen LogP contribution is -2.45. The van der Waals surface area contributed by atoms with E-state index in [4.69, 9.17) is 0 Å². The van der Waals surface area contributed by atoms with Gasteiger partial charge in [0.15, 0.2) is 0 Å². The molecule has 0 N–H and O–H groups in total. The molecule has 2 saturated carbocycles. The van der Waals surface area contributed by atoms with Crippen LogP contribution in [0.2, 0.25) is 0 Å². The topological polar surface area (TPSA) is 46.5 Å². The average molecular weight is 251 g/mol. The molecule has 2 rings (SSSR count). The summed E-state index contributed by atoms with van der Waals surface area (Å²) < 4.78 is 0. The van der Waals surface area contributed by atoms with Crippen molar-refractivity contribution in [3.63, 3.8) is 0 Å². The van der Waals surface area contributed by atoms with Crippen LogP contribution >= 0.6 is 0 Å². The number of ketones is 1. The van der Waals surface area contributed by atoms with Crippen LogP contribution in [0.1, 0.15) is 65.2 Å². The van der Waals surface area contributed by atoms with Crippen LogP contribution in [0.4, 0.5) is 0 Å². The molecule has 0 aromatic carbocycles. The molecule has 2 fully saturated rings. The van der Waals surface area contributed by atoms with Crippen LogP contribution in [-0.4, -0.2) is 11.8 Å². The van der Waals surface area contributed by atoms with Gasteiger partial charge in [-0.2, -0.15) is 4.91 Å². The van der Waals surface area contributed by atoms with Crippen molar-refractivity contribution in [2.75, 3.05) is 0 Å². The molecular weight excluding hydrogens is 226 g/mol. The highest BCUT2D eigenvalue weighted by Crippen LogP contribution is 2.53. The van der Waals surface area contributed by atoms with Crippen LogP contribution in [0.25, 0.3) is 0 Å². The van der Waals surface area contributed by atoms with Crippen molar-refractivity contribution in [2.24, 2.45) is 22.4 Å². The van der Waals surface area contributed by atoms with E-state index in [0.717, 1.165) is 25.7 Å². The van der Waals surface area contributed by atoms with Gasteiger partial charge in [0.1, 0.15) is 5.78 Å². The monoisotopic (exact) mass is 251 g/mol. The maximum atomic E-state index is 11.7. The molecule has 0 spiro atoms. The second-order valence-corrected chi connectivity index (χ2v) is 6.71. The third kappa shape index (κ3) is 2.65. The summed E-state index contributed by atoms with van der Waals surface area (Å²) in [5.74, 6) is 1.28. The first-order valence-corrected chi connectivity index (χ1v) is 7.41. The molecule has 0 aromatic heterocycles. The summed E-state index contributed by atoms with van der Waals surface area (Å²) in [7, 11) is 0. The second kappa shape index (κ2) is 5.50. The van der Waals surface area contributed by atoms with E-state index in [0.29, 0.717) is 18.1 Å². The Balaban J connectivity index is 2.16. The van der Waals surface area contributed by atoms with Gasteiger partial charge in [-0.1, -0.05) is 31.9 Å². The van der Waals surface area contributed by atoms with Crippen LogP contribution in [0.3, 0.4) is 0 Å². The van der Waals surface area contributed by atoms with Gasteiger partial charge in [-0.25, -0.2) is 0 Å². The Morgan fingerprint density at radius 2 is 2.17 bits per heavy atom. The molecule has 0 radical (unpaired) electrons. The average Bonchev–Trinajstić information content (AvgIpc) is 2.36. The van der Waals surface area contributed by atoms with Gasteiger partial charge in [-0.05, 0) is 42.9 Å². The van der Waals surface area contributed by atoms with Crippen molar-refractivity contribution < 1.29 is 4.79 Å². The van der Waals surface area contributed by atoms with Crippen LogP contribution in [0.15, 0.2) is 5.18 Å². The zero-order chi connectivity index (χ0) is 13.2. The molecule has 3 unspecified atom stereocenters. The number of hydrogen-bond donors (Lipinski definition) is 0. The largest absolute Gasteiger partial charge is 0.300 e. The fourth-order valence-electron chi connectivity index (χ4n) is 3.99. The lowest BCUT2D eigenvalue weighted by Gasteiger charge is -2.49. The fraction of sp³-hybridized carbons (Fsp3) is 0.933. The number of carbonyl (C=O) groups is 1. The molecule has 0 amide bonds. The minimum Gasteiger partial charge on any atom is -0.300 e. The lowest BCUT2D eigenvalue weighted by molar-refractivity contribution is -0.127. The minimum atomic E-state index is -0.102. The third-order valence-corrected chi connectivity index (χ3v) is 5.13. The summed E-state index contributed by atoms with van der Waals surface area (Å²) in [6.07, 6.45) is 7.91. The minimum absolute atomic E-state index is 0.102. The Labute approximate surface area is 110 Å². The maximum Gasteiger partial charge on any atom is 0.133 e. The summed E-state index contributed by atoms with van der Waals surface area (Å²) in [5.41, 5.74) is 0.245. The summed E-state index contributed by atoms with van der Waals surface area (Å²) in [4.78, 5) is 22.8. The predicted molar refractivity (Wildman–Crippen MR) is 72.3 cm³/mol. The van der Waals surface area contributed by atoms with Gasteiger partial charge >= 0.3 is 0 Å². The number of nitroso groups, excluding NO2 is 1. The van der Waals surface area contributed by atoms with Crippen molar-refractivity contribution >= 4 is 5.78 Å². The van der Waals surface area contributed by atoms with Crippen LogP contribution in [0, 0.1) is 22.2 Å². The van der Waals surface area contributed by atoms with Gasteiger partial charge in [-0.3, -0.25) is 4.79 Å². The van der Waals surface area contributed by atoms with Gasteiger partial charge in [0, 0.05) is 12.8 Å². The first kappa shape index (κ1) is 13.7. The van der Waals surface area contributed by atoms with E-state index in [1.165, 1.54) is 19.3 Å². The number of hydrogen-bond acceptors (Lipinski definition) is 3. The summed E-state index contributed by atoms with van der Waals surface area (Å²) >= 11 is 0. The zero-order valence-corrected chi connectivity index (χ0v) is 11.7. The molecular formula is C15H25NO2. The predicted octanol–water partition coefficient (Wildman–Crippen LogP) is 4.10. The molecule has 0 aliphatic heterocycles. The van der Waals surface area contributed by atoms with E-state index >= 15 is 0 Å². The molecule has 18 heavy (non-hydrogen) atoms. The number of carbonyl (C=O) groups excluding carboxylic acids is 1. The Hall–Kier alpha value is -0.730. The molecule has 0 saturated heterocycles. The normalized spacial score (nSPS) is 36.5.